The number of hydrogen-bond acceptors (Lipinski definition) is 5. The van der Waals surface area contributed by atoms with E-state index in [1.165, 1.54) is 5.69 Å². The van der Waals surface area contributed by atoms with Crippen molar-refractivity contribution in [3.63, 3.8) is 0 Å². The molecular formula is C22H30N4O2. The van der Waals surface area contributed by atoms with Crippen LogP contribution in [0.4, 0.5) is 5.69 Å². The van der Waals surface area contributed by atoms with Crippen molar-refractivity contribution in [2.45, 2.75) is 19.0 Å². The zero-order chi connectivity index (χ0) is 19.8. The number of carbonyl (C=O) groups excluding carboxylic acids is 1. The summed E-state index contributed by atoms with van der Waals surface area (Å²) in [4.78, 5) is 17.5. The normalized spacial score (nSPS) is 15.9. The Kier molecular flexibility index (Phi) is 7.28. The number of ether oxygens (including phenoxy) is 1. The molecule has 2 aromatic carbocycles. The van der Waals surface area contributed by atoms with Crippen molar-refractivity contribution in [2.75, 3.05) is 44.7 Å². The lowest BCUT2D eigenvalue weighted by Gasteiger charge is -2.39. The minimum atomic E-state index is -0.179. The van der Waals surface area contributed by atoms with Gasteiger partial charge in [0.05, 0.1) is 13.2 Å². The summed E-state index contributed by atoms with van der Waals surface area (Å²) < 4.78 is 5.17. The van der Waals surface area contributed by atoms with Gasteiger partial charge in [0.25, 0.3) is 0 Å². The van der Waals surface area contributed by atoms with Crippen LogP contribution in [-0.2, 0) is 11.3 Å². The van der Waals surface area contributed by atoms with Crippen LogP contribution in [0.3, 0.4) is 0 Å². The van der Waals surface area contributed by atoms with E-state index in [1.807, 2.05) is 30.3 Å². The summed E-state index contributed by atoms with van der Waals surface area (Å²) in [5.74, 6) is 0.863. The molecule has 2 aromatic rings. The Morgan fingerprint density at radius 3 is 2.36 bits per heavy atom. The van der Waals surface area contributed by atoms with Gasteiger partial charge in [0.15, 0.2) is 0 Å². The van der Waals surface area contributed by atoms with Crippen LogP contribution in [0, 0.1) is 0 Å². The van der Waals surface area contributed by atoms with Crippen LogP contribution >= 0.6 is 0 Å². The fourth-order valence-electron chi connectivity index (χ4n) is 3.62. The number of rotatable bonds is 8. The van der Waals surface area contributed by atoms with E-state index in [-0.39, 0.29) is 11.9 Å². The molecule has 1 saturated heterocycles. The average molecular weight is 383 g/mol. The molecule has 6 nitrogen and oxygen atoms in total. The molecule has 1 aliphatic heterocycles. The zero-order valence-electron chi connectivity index (χ0n) is 16.5. The molecule has 150 valence electrons. The molecule has 1 unspecified atom stereocenters. The first-order chi connectivity index (χ1) is 13.7. The summed E-state index contributed by atoms with van der Waals surface area (Å²) in [7, 11) is 1.64. The highest BCUT2D eigenvalue weighted by Crippen LogP contribution is 2.18. The molecule has 1 aliphatic rings. The number of benzene rings is 2. The maximum absolute atomic E-state index is 12.8. The molecule has 1 heterocycles. The first-order valence-electron chi connectivity index (χ1n) is 9.86. The third kappa shape index (κ3) is 5.24. The molecule has 28 heavy (non-hydrogen) atoms. The predicted molar refractivity (Wildman–Crippen MR) is 113 cm³/mol. The van der Waals surface area contributed by atoms with Gasteiger partial charge in [-0.3, -0.25) is 9.69 Å². The number of amides is 1. The molecule has 3 N–H and O–H groups in total. The summed E-state index contributed by atoms with van der Waals surface area (Å²) >= 11 is 0. The van der Waals surface area contributed by atoms with E-state index in [2.05, 4.69) is 39.4 Å². The van der Waals surface area contributed by atoms with Gasteiger partial charge in [-0.2, -0.15) is 0 Å². The zero-order valence-corrected chi connectivity index (χ0v) is 16.5. The lowest BCUT2D eigenvalue weighted by Crippen LogP contribution is -2.55. The van der Waals surface area contributed by atoms with Crippen molar-refractivity contribution in [3.05, 3.63) is 60.2 Å². The van der Waals surface area contributed by atoms with Crippen molar-refractivity contribution < 1.29 is 9.53 Å². The van der Waals surface area contributed by atoms with Crippen molar-refractivity contribution in [2.24, 2.45) is 5.73 Å². The van der Waals surface area contributed by atoms with E-state index in [9.17, 15) is 4.79 Å². The van der Waals surface area contributed by atoms with Crippen molar-refractivity contribution >= 4 is 11.6 Å². The molecule has 0 bridgehead atoms. The van der Waals surface area contributed by atoms with E-state index < -0.39 is 0 Å². The molecule has 0 saturated carbocycles. The minimum absolute atomic E-state index is 0.0504. The molecule has 1 amide bonds. The van der Waals surface area contributed by atoms with E-state index >= 15 is 0 Å². The van der Waals surface area contributed by atoms with E-state index in [0.29, 0.717) is 19.5 Å². The number of methoxy groups -OCH3 is 1. The smallest absolute Gasteiger partial charge is 0.237 e. The molecule has 3 rings (SSSR count). The van der Waals surface area contributed by atoms with Crippen LogP contribution in [0.25, 0.3) is 0 Å². The Labute approximate surface area is 167 Å². The van der Waals surface area contributed by atoms with Crippen LogP contribution in [0.5, 0.6) is 5.75 Å². The van der Waals surface area contributed by atoms with Gasteiger partial charge >= 0.3 is 0 Å². The maximum Gasteiger partial charge on any atom is 0.237 e. The predicted octanol–water partition coefficient (Wildman–Crippen LogP) is 1.85. The van der Waals surface area contributed by atoms with E-state index in [4.69, 9.17) is 10.5 Å². The van der Waals surface area contributed by atoms with Gasteiger partial charge in [-0.05, 0) is 42.8 Å². The standard InChI is InChI=1S/C22H30N4O2/c1-28-20-9-7-18(8-10-20)17-24-22(27)21(11-12-23)26-15-13-25(14-16-26)19-5-3-2-4-6-19/h2-10,21H,11-17,23H2,1H3,(H,24,27). The maximum atomic E-state index is 12.8. The Morgan fingerprint density at radius 1 is 1.07 bits per heavy atom. The third-order valence-corrected chi connectivity index (χ3v) is 5.24. The number of hydrogen-bond donors (Lipinski definition) is 2. The minimum Gasteiger partial charge on any atom is -0.497 e. The molecule has 0 aromatic heterocycles. The summed E-state index contributed by atoms with van der Waals surface area (Å²) in [6, 6.07) is 18.0. The first-order valence-corrected chi connectivity index (χ1v) is 9.86. The number of nitrogens with two attached hydrogens (primary N) is 1. The third-order valence-electron chi connectivity index (χ3n) is 5.24. The van der Waals surface area contributed by atoms with Crippen LogP contribution in [0.1, 0.15) is 12.0 Å². The Balaban J connectivity index is 1.54. The van der Waals surface area contributed by atoms with Crippen LogP contribution in [0.15, 0.2) is 54.6 Å². The lowest BCUT2D eigenvalue weighted by atomic mass is 10.1. The van der Waals surface area contributed by atoms with Crippen molar-refractivity contribution in [1.29, 1.82) is 0 Å². The van der Waals surface area contributed by atoms with Crippen molar-refractivity contribution in [3.8, 4) is 5.75 Å². The molecule has 1 atom stereocenters. The largest absolute Gasteiger partial charge is 0.497 e. The number of para-hydroxylation sites is 1. The van der Waals surface area contributed by atoms with Gasteiger partial charge in [0.1, 0.15) is 5.75 Å². The fraction of sp³-hybridized carbons (Fsp3) is 0.409. The second-order valence-electron chi connectivity index (χ2n) is 7.02. The number of nitrogens with one attached hydrogen (secondary N) is 1. The van der Waals surface area contributed by atoms with Gasteiger partial charge in [0, 0.05) is 38.4 Å². The summed E-state index contributed by atoms with van der Waals surface area (Å²) in [5.41, 5.74) is 8.09. The highest BCUT2D eigenvalue weighted by molar-refractivity contribution is 5.81. The Hall–Kier alpha value is -2.57. The molecule has 0 spiro atoms. The van der Waals surface area contributed by atoms with Crippen molar-refractivity contribution in [1.82, 2.24) is 10.2 Å². The fourth-order valence-corrected chi connectivity index (χ4v) is 3.62. The molecule has 6 heteroatoms. The average Bonchev–Trinajstić information content (AvgIpc) is 2.77. The highest BCUT2D eigenvalue weighted by atomic mass is 16.5. The second-order valence-corrected chi connectivity index (χ2v) is 7.02. The van der Waals surface area contributed by atoms with Gasteiger partial charge in [-0.15, -0.1) is 0 Å². The van der Waals surface area contributed by atoms with Gasteiger partial charge in [-0.25, -0.2) is 0 Å². The Morgan fingerprint density at radius 2 is 1.75 bits per heavy atom. The van der Waals surface area contributed by atoms with Crippen LogP contribution in [0.2, 0.25) is 0 Å². The number of nitrogens with zero attached hydrogens (tertiary/aromatic N) is 2. The van der Waals surface area contributed by atoms with Gasteiger partial charge in [-0.1, -0.05) is 30.3 Å². The quantitative estimate of drug-likeness (QED) is 0.729. The van der Waals surface area contributed by atoms with Gasteiger partial charge in [0.2, 0.25) is 5.91 Å². The number of anilines is 1. The monoisotopic (exact) mass is 382 g/mol. The summed E-state index contributed by atoms with van der Waals surface area (Å²) in [5, 5.41) is 3.07. The van der Waals surface area contributed by atoms with E-state index in [0.717, 1.165) is 37.5 Å². The lowest BCUT2D eigenvalue weighted by molar-refractivity contribution is -0.127. The topological polar surface area (TPSA) is 70.8 Å². The molecule has 1 fully saturated rings. The first kappa shape index (κ1) is 20.2. The van der Waals surface area contributed by atoms with Gasteiger partial charge < -0.3 is 20.7 Å². The Bertz CT molecular complexity index is 728. The molecule has 0 radical (unpaired) electrons. The highest BCUT2D eigenvalue weighted by Gasteiger charge is 2.28. The second kappa shape index (κ2) is 10.1. The number of carbonyl (C=O) groups is 1. The molecular weight excluding hydrogens is 352 g/mol. The van der Waals surface area contributed by atoms with Crippen LogP contribution < -0.4 is 20.7 Å². The molecule has 0 aliphatic carbocycles. The van der Waals surface area contributed by atoms with Crippen LogP contribution in [-0.4, -0.2) is 56.7 Å². The summed E-state index contributed by atoms with van der Waals surface area (Å²) in [6.45, 7) is 4.55. The summed E-state index contributed by atoms with van der Waals surface area (Å²) in [6.07, 6.45) is 0.666. The van der Waals surface area contributed by atoms with E-state index in [1.54, 1.807) is 7.11 Å². The number of piperazine rings is 1. The SMILES string of the molecule is COc1ccc(CNC(=O)C(CCN)N2CCN(c3ccccc3)CC2)cc1.